The van der Waals surface area contributed by atoms with Crippen molar-refractivity contribution in [2.24, 2.45) is 16.7 Å². The van der Waals surface area contributed by atoms with Crippen LogP contribution in [0.15, 0.2) is 0 Å². The molecule has 3 fully saturated rings. The number of hydrogen-bond donors (Lipinski definition) is 3. The fourth-order valence-corrected chi connectivity index (χ4v) is 6.50. The van der Waals surface area contributed by atoms with E-state index in [0.717, 1.165) is 50.5 Å². The summed E-state index contributed by atoms with van der Waals surface area (Å²) in [5.41, 5.74) is 0.193. The van der Waals surface area contributed by atoms with Gasteiger partial charge in [0.25, 0.3) is 0 Å². The predicted octanol–water partition coefficient (Wildman–Crippen LogP) is 6.16. The highest BCUT2D eigenvalue weighted by Gasteiger charge is 2.42. The Morgan fingerprint density at radius 2 is 1.21 bits per heavy atom. The van der Waals surface area contributed by atoms with Crippen molar-refractivity contribution in [3.05, 3.63) is 5.82 Å². The Hall–Kier alpha value is -1.43. The van der Waals surface area contributed by atoms with E-state index in [1.54, 1.807) is 0 Å². The zero-order valence-electron chi connectivity index (χ0n) is 23.1. The van der Waals surface area contributed by atoms with E-state index in [1.807, 2.05) is 0 Å². The van der Waals surface area contributed by atoms with E-state index in [9.17, 15) is 0 Å². The highest BCUT2D eigenvalue weighted by molar-refractivity contribution is 5.40. The molecule has 6 nitrogen and oxygen atoms in total. The molecular weight excluding hydrogens is 408 g/mol. The third-order valence-corrected chi connectivity index (χ3v) is 6.91. The van der Waals surface area contributed by atoms with Gasteiger partial charge in [-0.3, -0.25) is 0 Å². The standard InChI is InChI=1S/C27H50N6/c1-23(2,3)16-25(7,8)32-21-29-20(27-13-11-19(12-14-27)15-28-18-27)30-22(31-21)33-26(9,10)17-24(4,5)6/h19,28H,11-18H2,1-10H3,(H2,29,30,31,32,33). The molecular formula is C27H50N6. The summed E-state index contributed by atoms with van der Waals surface area (Å²) in [4.78, 5) is 15.0. The van der Waals surface area contributed by atoms with Crippen molar-refractivity contribution in [2.45, 2.75) is 124 Å². The van der Waals surface area contributed by atoms with Gasteiger partial charge in [-0.2, -0.15) is 15.0 Å². The first-order valence-electron chi connectivity index (χ1n) is 13.0. The summed E-state index contributed by atoms with van der Waals surface area (Å²) in [6.07, 6.45) is 6.88. The first-order valence-corrected chi connectivity index (χ1v) is 13.0. The Morgan fingerprint density at radius 3 is 1.64 bits per heavy atom. The molecule has 0 amide bonds. The van der Waals surface area contributed by atoms with Crippen LogP contribution in [0.25, 0.3) is 0 Å². The number of nitrogens with zero attached hydrogens (tertiary/aromatic N) is 3. The predicted molar refractivity (Wildman–Crippen MR) is 140 cm³/mol. The molecule has 2 aliphatic heterocycles. The third kappa shape index (κ3) is 7.53. The van der Waals surface area contributed by atoms with Crippen LogP contribution in [0.3, 0.4) is 0 Å². The molecule has 188 valence electrons. The molecule has 4 rings (SSSR count). The number of anilines is 2. The summed E-state index contributed by atoms with van der Waals surface area (Å²) >= 11 is 0. The van der Waals surface area contributed by atoms with Crippen molar-refractivity contribution in [3.63, 3.8) is 0 Å². The van der Waals surface area contributed by atoms with Crippen LogP contribution in [-0.4, -0.2) is 39.1 Å². The molecule has 33 heavy (non-hydrogen) atoms. The van der Waals surface area contributed by atoms with Crippen LogP contribution in [0.1, 0.15) is 114 Å². The van der Waals surface area contributed by atoms with Gasteiger partial charge in [-0.05, 0) is 89.5 Å². The third-order valence-electron chi connectivity index (χ3n) is 6.91. The quantitative estimate of drug-likeness (QED) is 0.454. The van der Waals surface area contributed by atoms with Crippen molar-refractivity contribution < 1.29 is 0 Å². The molecule has 2 saturated heterocycles. The lowest BCUT2D eigenvalue weighted by Crippen LogP contribution is -2.41. The molecule has 0 aromatic carbocycles. The summed E-state index contributed by atoms with van der Waals surface area (Å²) in [6.45, 7) is 24.8. The molecule has 1 saturated carbocycles. The zero-order chi connectivity index (χ0) is 24.7. The maximum Gasteiger partial charge on any atom is 0.228 e. The maximum absolute atomic E-state index is 5.07. The molecule has 0 radical (unpaired) electrons. The van der Waals surface area contributed by atoms with Crippen LogP contribution < -0.4 is 16.0 Å². The van der Waals surface area contributed by atoms with E-state index in [1.165, 1.54) is 12.8 Å². The molecule has 0 unspecified atom stereocenters. The first kappa shape index (κ1) is 26.2. The zero-order valence-corrected chi connectivity index (χ0v) is 23.1. The molecule has 1 aromatic rings. The SMILES string of the molecule is CC(C)(C)CC(C)(C)Nc1nc(NC(C)(C)CC(C)(C)C)nc(C23CCC(CC2)CNC3)n1. The van der Waals surface area contributed by atoms with Gasteiger partial charge in [0.15, 0.2) is 0 Å². The van der Waals surface area contributed by atoms with Gasteiger partial charge in [-0.25, -0.2) is 0 Å². The van der Waals surface area contributed by atoms with Crippen molar-refractivity contribution in [1.29, 1.82) is 0 Å². The number of nitrogens with one attached hydrogen (secondary N) is 3. The van der Waals surface area contributed by atoms with Crippen LogP contribution in [0.5, 0.6) is 0 Å². The Bertz CT molecular complexity index is 753. The van der Waals surface area contributed by atoms with Crippen molar-refractivity contribution in [1.82, 2.24) is 20.3 Å². The fraction of sp³-hybridized carbons (Fsp3) is 0.889. The van der Waals surface area contributed by atoms with E-state index >= 15 is 0 Å². The smallest absolute Gasteiger partial charge is 0.228 e. The van der Waals surface area contributed by atoms with Gasteiger partial charge >= 0.3 is 0 Å². The first-order chi connectivity index (χ1) is 15.0. The molecule has 2 bridgehead atoms. The highest BCUT2D eigenvalue weighted by atomic mass is 15.3. The monoisotopic (exact) mass is 458 g/mol. The summed E-state index contributed by atoms with van der Waals surface area (Å²) in [7, 11) is 0. The number of hydrogen-bond acceptors (Lipinski definition) is 6. The maximum atomic E-state index is 5.07. The summed E-state index contributed by atoms with van der Waals surface area (Å²) in [6, 6.07) is 0. The van der Waals surface area contributed by atoms with E-state index in [-0.39, 0.29) is 27.3 Å². The molecule has 1 aliphatic carbocycles. The largest absolute Gasteiger partial charge is 0.349 e. The number of fused-ring (bicyclic) bond motifs is 4. The van der Waals surface area contributed by atoms with Crippen LogP contribution in [-0.2, 0) is 5.41 Å². The Kier molecular flexibility index (Phi) is 7.12. The molecule has 0 spiro atoms. The second-order valence-electron chi connectivity index (χ2n) is 14.7. The average molecular weight is 459 g/mol. The Labute approximate surface area is 202 Å². The minimum atomic E-state index is -0.119. The normalized spacial score (nSPS) is 24.5. The van der Waals surface area contributed by atoms with Crippen molar-refractivity contribution in [3.8, 4) is 0 Å². The lowest BCUT2D eigenvalue weighted by Gasteiger charge is -2.37. The van der Waals surface area contributed by atoms with Gasteiger partial charge in [0.05, 0.1) is 0 Å². The molecule has 3 N–H and O–H groups in total. The van der Waals surface area contributed by atoms with Crippen LogP contribution in [0.2, 0.25) is 0 Å². The topological polar surface area (TPSA) is 74.8 Å². The fourth-order valence-electron chi connectivity index (χ4n) is 6.50. The van der Waals surface area contributed by atoms with Gasteiger partial charge in [-0.1, -0.05) is 41.5 Å². The van der Waals surface area contributed by atoms with Crippen LogP contribution >= 0.6 is 0 Å². The van der Waals surface area contributed by atoms with Crippen molar-refractivity contribution >= 4 is 11.9 Å². The number of rotatable bonds is 7. The molecule has 0 atom stereocenters. The number of aromatic nitrogens is 3. The van der Waals surface area contributed by atoms with Gasteiger partial charge in [0.1, 0.15) is 5.82 Å². The van der Waals surface area contributed by atoms with E-state index in [2.05, 4.69) is 85.2 Å². The lowest BCUT2D eigenvalue weighted by molar-refractivity contribution is 0.263. The highest BCUT2D eigenvalue weighted by Crippen LogP contribution is 2.42. The molecule has 6 heteroatoms. The van der Waals surface area contributed by atoms with Gasteiger partial charge in [-0.15, -0.1) is 0 Å². The summed E-state index contributed by atoms with van der Waals surface area (Å²) < 4.78 is 0. The molecule has 3 aliphatic rings. The lowest BCUT2D eigenvalue weighted by atomic mass is 9.71. The van der Waals surface area contributed by atoms with Gasteiger partial charge < -0.3 is 16.0 Å². The second kappa shape index (κ2) is 8.98. The van der Waals surface area contributed by atoms with E-state index in [0.29, 0.717) is 11.9 Å². The minimum absolute atomic E-state index is 0.00510. The second-order valence-corrected chi connectivity index (χ2v) is 14.7. The van der Waals surface area contributed by atoms with Gasteiger partial charge in [0.2, 0.25) is 11.9 Å². The molecule has 3 heterocycles. The Morgan fingerprint density at radius 1 is 0.758 bits per heavy atom. The van der Waals surface area contributed by atoms with Gasteiger partial charge in [0, 0.05) is 23.0 Å². The van der Waals surface area contributed by atoms with Crippen LogP contribution in [0.4, 0.5) is 11.9 Å². The summed E-state index contributed by atoms with van der Waals surface area (Å²) in [5.74, 6) is 3.15. The van der Waals surface area contributed by atoms with E-state index in [4.69, 9.17) is 15.0 Å². The molecule has 1 aromatic heterocycles. The average Bonchev–Trinajstić information content (AvgIpc) is 2.91. The minimum Gasteiger partial charge on any atom is -0.349 e. The van der Waals surface area contributed by atoms with Crippen LogP contribution in [0, 0.1) is 16.7 Å². The summed E-state index contributed by atoms with van der Waals surface area (Å²) in [5, 5.41) is 11.1. The van der Waals surface area contributed by atoms with E-state index < -0.39 is 0 Å². The van der Waals surface area contributed by atoms with Crippen molar-refractivity contribution in [2.75, 3.05) is 23.7 Å². The Balaban J connectivity index is 1.97.